The van der Waals surface area contributed by atoms with Crippen molar-refractivity contribution in [2.45, 2.75) is 40.3 Å². The molecule has 0 aliphatic heterocycles. The molecule has 1 heterocycles. The summed E-state index contributed by atoms with van der Waals surface area (Å²) >= 11 is 0. The van der Waals surface area contributed by atoms with Crippen LogP contribution in [0.4, 0.5) is 0 Å². The first-order valence-corrected chi connectivity index (χ1v) is 9.63. The second kappa shape index (κ2) is 11.3. The van der Waals surface area contributed by atoms with Gasteiger partial charge in [0.1, 0.15) is 11.6 Å². The first-order chi connectivity index (χ1) is 13.5. The Morgan fingerprint density at radius 1 is 1.21 bits per heavy atom. The maximum Gasteiger partial charge on any atom is 0.191 e. The molecular formula is C20H32N6O2. The fourth-order valence-corrected chi connectivity index (χ4v) is 2.61. The van der Waals surface area contributed by atoms with Gasteiger partial charge in [-0.05, 0) is 38.8 Å². The molecule has 2 aromatic rings. The number of nitrogens with zero attached hydrogens (tertiary/aromatic N) is 4. The molecule has 0 amide bonds. The van der Waals surface area contributed by atoms with Gasteiger partial charge in [-0.1, -0.05) is 12.1 Å². The second-order valence-corrected chi connectivity index (χ2v) is 6.56. The van der Waals surface area contributed by atoms with Crippen molar-refractivity contribution in [2.24, 2.45) is 12.0 Å². The van der Waals surface area contributed by atoms with E-state index >= 15 is 0 Å². The largest absolute Gasteiger partial charge is 0.494 e. The van der Waals surface area contributed by atoms with Crippen LogP contribution >= 0.6 is 0 Å². The van der Waals surface area contributed by atoms with Crippen LogP contribution in [0.1, 0.15) is 36.1 Å². The number of hydrogen-bond donors (Lipinski definition) is 2. The van der Waals surface area contributed by atoms with Crippen molar-refractivity contribution in [1.29, 1.82) is 0 Å². The van der Waals surface area contributed by atoms with Crippen molar-refractivity contribution >= 4 is 5.96 Å². The molecule has 0 aliphatic rings. The Kier molecular flexibility index (Phi) is 8.74. The third kappa shape index (κ3) is 6.53. The summed E-state index contributed by atoms with van der Waals surface area (Å²) in [4.78, 5) is 4.73. The summed E-state index contributed by atoms with van der Waals surface area (Å²) in [5, 5.41) is 15.0. The normalized spacial score (nSPS) is 11.5. The predicted octanol–water partition coefficient (Wildman–Crippen LogP) is 2.10. The highest BCUT2D eigenvalue weighted by atomic mass is 16.5. The number of benzene rings is 1. The lowest BCUT2D eigenvalue weighted by atomic mass is 10.1. The van der Waals surface area contributed by atoms with E-state index in [9.17, 15) is 0 Å². The molecule has 0 aliphatic carbocycles. The maximum absolute atomic E-state index is 5.76. The van der Waals surface area contributed by atoms with Crippen LogP contribution in [0, 0.1) is 13.8 Å². The van der Waals surface area contributed by atoms with E-state index in [0.717, 1.165) is 41.9 Å². The average molecular weight is 389 g/mol. The highest BCUT2D eigenvalue weighted by molar-refractivity contribution is 5.79. The van der Waals surface area contributed by atoms with Gasteiger partial charge in [-0.3, -0.25) is 0 Å². The zero-order chi connectivity index (χ0) is 20.4. The van der Waals surface area contributed by atoms with Crippen LogP contribution in [0.3, 0.4) is 0 Å². The number of aliphatic imine (C=N–C) groups is 1. The number of guanidine groups is 1. The minimum atomic E-state index is 0.521. The van der Waals surface area contributed by atoms with Gasteiger partial charge < -0.3 is 24.7 Å². The van der Waals surface area contributed by atoms with Gasteiger partial charge in [0, 0.05) is 32.9 Å². The lowest BCUT2D eigenvalue weighted by molar-refractivity contribution is 0.195. The Morgan fingerprint density at radius 2 is 2.04 bits per heavy atom. The van der Waals surface area contributed by atoms with Crippen LogP contribution in [0.15, 0.2) is 23.2 Å². The third-order valence-electron chi connectivity index (χ3n) is 4.34. The van der Waals surface area contributed by atoms with E-state index in [-0.39, 0.29) is 0 Å². The van der Waals surface area contributed by atoms with Crippen molar-refractivity contribution < 1.29 is 9.47 Å². The van der Waals surface area contributed by atoms with Gasteiger partial charge in [0.2, 0.25) is 0 Å². The molecule has 2 N–H and O–H groups in total. The van der Waals surface area contributed by atoms with E-state index in [1.54, 1.807) is 7.11 Å². The van der Waals surface area contributed by atoms with E-state index in [4.69, 9.17) is 14.5 Å². The lowest BCUT2D eigenvalue weighted by Gasteiger charge is -2.14. The molecule has 0 saturated heterocycles. The Bertz CT molecular complexity index is 772. The van der Waals surface area contributed by atoms with E-state index in [1.807, 2.05) is 25.5 Å². The van der Waals surface area contributed by atoms with E-state index in [1.165, 1.54) is 5.56 Å². The molecule has 8 nitrogen and oxygen atoms in total. The van der Waals surface area contributed by atoms with E-state index in [0.29, 0.717) is 26.3 Å². The van der Waals surface area contributed by atoms with Crippen molar-refractivity contribution in [1.82, 2.24) is 25.4 Å². The van der Waals surface area contributed by atoms with Crippen LogP contribution in [0.5, 0.6) is 5.75 Å². The summed E-state index contributed by atoms with van der Waals surface area (Å²) in [5.74, 6) is 3.34. The quantitative estimate of drug-likeness (QED) is 0.368. The van der Waals surface area contributed by atoms with Gasteiger partial charge in [-0.2, -0.15) is 0 Å². The van der Waals surface area contributed by atoms with E-state index < -0.39 is 0 Å². The van der Waals surface area contributed by atoms with Crippen molar-refractivity contribution in [3.05, 3.63) is 41.0 Å². The monoisotopic (exact) mass is 388 g/mol. The Labute approximate surface area is 167 Å². The molecule has 0 spiro atoms. The molecule has 0 bridgehead atoms. The van der Waals surface area contributed by atoms with Crippen molar-refractivity contribution in [3.63, 3.8) is 0 Å². The van der Waals surface area contributed by atoms with Crippen LogP contribution in [0.25, 0.3) is 0 Å². The Morgan fingerprint density at radius 3 is 2.71 bits per heavy atom. The van der Waals surface area contributed by atoms with Gasteiger partial charge in [-0.15, -0.1) is 10.2 Å². The minimum absolute atomic E-state index is 0.521. The predicted molar refractivity (Wildman–Crippen MR) is 111 cm³/mol. The molecular weight excluding hydrogens is 356 g/mol. The summed E-state index contributed by atoms with van der Waals surface area (Å²) in [5.41, 5.74) is 2.23. The molecule has 0 fully saturated rings. The highest BCUT2D eigenvalue weighted by Crippen LogP contribution is 2.21. The summed E-state index contributed by atoms with van der Waals surface area (Å²) in [6.45, 7) is 9.14. The molecule has 0 unspecified atom stereocenters. The SMILES string of the molecule is CCOc1cc(C)ccc1CN=C(NCCCOC)NCc1nnc(C)n1C. The number of nitrogens with one attached hydrogen (secondary N) is 2. The average Bonchev–Trinajstić information content (AvgIpc) is 3.00. The van der Waals surface area contributed by atoms with Gasteiger partial charge >= 0.3 is 0 Å². The molecule has 1 aromatic carbocycles. The van der Waals surface area contributed by atoms with Gasteiger partial charge in [0.15, 0.2) is 11.8 Å². The number of aromatic nitrogens is 3. The molecule has 0 radical (unpaired) electrons. The van der Waals surface area contributed by atoms with E-state index in [2.05, 4.69) is 46.0 Å². The molecule has 0 atom stereocenters. The Balaban J connectivity index is 2.07. The first kappa shape index (κ1) is 21.7. The standard InChI is InChI=1S/C20H32N6O2/c1-6-28-18-12-15(2)8-9-17(18)13-22-20(21-10-7-11-27-5)23-14-19-25-24-16(3)26(19)4/h8-9,12H,6-7,10-11,13-14H2,1-5H3,(H2,21,22,23). The molecule has 154 valence electrons. The van der Waals surface area contributed by atoms with Crippen molar-refractivity contribution in [3.8, 4) is 5.75 Å². The zero-order valence-corrected chi connectivity index (χ0v) is 17.6. The van der Waals surface area contributed by atoms with Crippen LogP contribution < -0.4 is 15.4 Å². The third-order valence-corrected chi connectivity index (χ3v) is 4.34. The van der Waals surface area contributed by atoms with Crippen LogP contribution in [0.2, 0.25) is 0 Å². The topological polar surface area (TPSA) is 85.6 Å². The molecule has 8 heteroatoms. The number of hydrogen-bond acceptors (Lipinski definition) is 5. The number of rotatable bonds is 10. The number of ether oxygens (including phenoxy) is 2. The smallest absolute Gasteiger partial charge is 0.191 e. The summed E-state index contributed by atoms with van der Waals surface area (Å²) < 4.78 is 12.8. The van der Waals surface area contributed by atoms with Gasteiger partial charge in [0.05, 0.1) is 19.7 Å². The Hall–Kier alpha value is -2.61. The van der Waals surface area contributed by atoms with Crippen molar-refractivity contribution in [2.75, 3.05) is 26.9 Å². The molecule has 2 rings (SSSR count). The molecule has 1 aromatic heterocycles. The minimum Gasteiger partial charge on any atom is -0.494 e. The number of aryl methyl sites for hydroxylation is 2. The van der Waals surface area contributed by atoms with Gasteiger partial charge in [0.25, 0.3) is 0 Å². The lowest BCUT2D eigenvalue weighted by Crippen LogP contribution is -2.38. The first-order valence-electron chi connectivity index (χ1n) is 9.63. The fourth-order valence-electron chi connectivity index (χ4n) is 2.61. The number of methoxy groups -OCH3 is 1. The summed E-state index contributed by atoms with van der Waals surface area (Å²) in [6, 6.07) is 6.20. The fraction of sp³-hybridized carbons (Fsp3) is 0.550. The van der Waals surface area contributed by atoms with Crippen LogP contribution in [-0.2, 0) is 24.9 Å². The van der Waals surface area contributed by atoms with Gasteiger partial charge in [-0.25, -0.2) is 4.99 Å². The summed E-state index contributed by atoms with van der Waals surface area (Å²) in [6.07, 6.45) is 0.898. The van der Waals surface area contributed by atoms with Crippen LogP contribution in [-0.4, -0.2) is 47.6 Å². The zero-order valence-electron chi connectivity index (χ0n) is 17.6. The molecule has 0 saturated carbocycles. The molecule has 28 heavy (non-hydrogen) atoms. The highest BCUT2D eigenvalue weighted by Gasteiger charge is 2.08. The second-order valence-electron chi connectivity index (χ2n) is 6.56. The summed E-state index contributed by atoms with van der Waals surface area (Å²) in [7, 11) is 3.66. The maximum atomic E-state index is 5.76.